The highest BCUT2D eigenvalue weighted by Crippen LogP contribution is 2.28. The topological polar surface area (TPSA) is 100 Å². The Morgan fingerprint density at radius 3 is 2.58 bits per heavy atom. The number of fused-ring (bicyclic) bond motifs is 1. The summed E-state index contributed by atoms with van der Waals surface area (Å²) in [5.74, 6) is 1.64. The van der Waals surface area contributed by atoms with Crippen LogP contribution in [0.4, 0.5) is 16.6 Å². The number of piperazine rings is 1. The van der Waals surface area contributed by atoms with Gasteiger partial charge in [-0.15, -0.1) is 0 Å². The van der Waals surface area contributed by atoms with Crippen LogP contribution in [0.25, 0.3) is 0 Å². The molecule has 2 aromatic carbocycles. The maximum Gasteiger partial charge on any atom is 0.410 e. The molecular formula is C33H42N6O4. The van der Waals surface area contributed by atoms with Crippen molar-refractivity contribution in [1.82, 2.24) is 19.8 Å². The second kappa shape index (κ2) is 13.4. The van der Waals surface area contributed by atoms with Gasteiger partial charge < -0.3 is 19.7 Å². The lowest BCUT2D eigenvalue weighted by molar-refractivity contribution is 0.0144. The molecule has 3 aromatic rings. The summed E-state index contributed by atoms with van der Waals surface area (Å²) in [5, 5.41) is 3.37. The number of carbonyl (C=O) groups excluding carboxylic acids is 2. The molecule has 3 heterocycles. The van der Waals surface area contributed by atoms with E-state index in [1.807, 2.05) is 57.2 Å². The van der Waals surface area contributed by atoms with Crippen molar-refractivity contribution in [1.29, 1.82) is 0 Å². The Hall–Kier alpha value is -4.18. The number of nitrogens with zero attached hydrogens (tertiary/aromatic N) is 5. The quantitative estimate of drug-likeness (QED) is 0.367. The summed E-state index contributed by atoms with van der Waals surface area (Å²) >= 11 is 0. The molecule has 2 aliphatic heterocycles. The van der Waals surface area contributed by atoms with Crippen LogP contribution < -0.4 is 15.0 Å². The van der Waals surface area contributed by atoms with Crippen LogP contribution in [0, 0.1) is 0 Å². The Balaban J connectivity index is 1.26. The second-order valence-corrected chi connectivity index (χ2v) is 12.1. The Morgan fingerprint density at radius 1 is 1.07 bits per heavy atom. The number of ether oxygens (including phenoxy) is 2. The van der Waals surface area contributed by atoms with Gasteiger partial charge in [0.25, 0.3) is 5.91 Å². The van der Waals surface area contributed by atoms with Gasteiger partial charge in [-0.05, 0) is 70.0 Å². The number of amides is 2. The molecule has 10 nitrogen and oxygen atoms in total. The molecule has 5 rings (SSSR count). The summed E-state index contributed by atoms with van der Waals surface area (Å²) in [6, 6.07) is 17.6. The monoisotopic (exact) mass is 586 g/mol. The van der Waals surface area contributed by atoms with Crippen LogP contribution >= 0.6 is 0 Å². The van der Waals surface area contributed by atoms with E-state index >= 15 is 0 Å². The highest BCUT2D eigenvalue weighted by atomic mass is 16.6. The van der Waals surface area contributed by atoms with Gasteiger partial charge in [-0.3, -0.25) is 14.6 Å². The van der Waals surface area contributed by atoms with Gasteiger partial charge in [-0.1, -0.05) is 36.4 Å². The first-order valence-electron chi connectivity index (χ1n) is 15.1. The van der Waals surface area contributed by atoms with Crippen molar-refractivity contribution in [3.8, 4) is 5.75 Å². The summed E-state index contributed by atoms with van der Waals surface area (Å²) in [6.45, 7) is 12.4. The van der Waals surface area contributed by atoms with Crippen LogP contribution in [0.15, 0.2) is 60.8 Å². The minimum absolute atomic E-state index is 0.00573. The molecule has 43 heavy (non-hydrogen) atoms. The van der Waals surface area contributed by atoms with Crippen LogP contribution in [0.1, 0.15) is 61.6 Å². The number of aromatic nitrogens is 2. The molecule has 1 saturated heterocycles. The molecule has 0 radical (unpaired) electrons. The standard InChI is InChI=1S/C33H42N6O4/c1-24(25-9-6-5-7-10-25)35-31-34-15-13-29(36-31)39(30(40)27-12-11-26-14-22-42-28(26)23-27)17-8-16-37-18-20-38(21-19-37)32(41)43-33(2,3)4/h5-7,9-13,15,23-24H,8,14,16-22H2,1-4H3,(H,34,35,36)/t24-/m1/s1. The highest BCUT2D eigenvalue weighted by molar-refractivity contribution is 6.06. The lowest BCUT2D eigenvalue weighted by atomic mass is 10.1. The fourth-order valence-corrected chi connectivity index (χ4v) is 5.30. The summed E-state index contributed by atoms with van der Waals surface area (Å²) < 4.78 is 11.3. The second-order valence-electron chi connectivity index (χ2n) is 12.1. The molecule has 0 unspecified atom stereocenters. The molecule has 1 atom stereocenters. The Morgan fingerprint density at radius 2 is 1.84 bits per heavy atom. The van der Waals surface area contributed by atoms with E-state index in [0.717, 1.165) is 49.4 Å². The molecule has 1 fully saturated rings. The molecule has 0 spiro atoms. The third-order valence-corrected chi connectivity index (χ3v) is 7.63. The van der Waals surface area contributed by atoms with E-state index in [2.05, 4.69) is 34.3 Å². The average molecular weight is 587 g/mol. The summed E-state index contributed by atoms with van der Waals surface area (Å²) in [6.07, 6.45) is 3.02. The first-order chi connectivity index (χ1) is 20.7. The average Bonchev–Trinajstić information content (AvgIpc) is 3.47. The van der Waals surface area contributed by atoms with Gasteiger partial charge in [-0.2, -0.15) is 4.98 Å². The van der Waals surface area contributed by atoms with Gasteiger partial charge in [0.1, 0.15) is 17.2 Å². The third kappa shape index (κ3) is 8.01. The highest BCUT2D eigenvalue weighted by Gasteiger charge is 2.27. The van der Waals surface area contributed by atoms with E-state index in [4.69, 9.17) is 14.5 Å². The number of hydrogen-bond donors (Lipinski definition) is 1. The van der Waals surface area contributed by atoms with Gasteiger partial charge in [-0.25, -0.2) is 9.78 Å². The first-order valence-corrected chi connectivity index (χ1v) is 15.1. The van der Waals surface area contributed by atoms with Crippen molar-refractivity contribution in [3.05, 3.63) is 77.5 Å². The Bertz CT molecular complexity index is 1400. The predicted molar refractivity (Wildman–Crippen MR) is 167 cm³/mol. The van der Waals surface area contributed by atoms with Gasteiger partial charge >= 0.3 is 6.09 Å². The van der Waals surface area contributed by atoms with E-state index in [1.165, 1.54) is 0 Å². The smallest absolute Gasteiger partial charge is 0.410 e. The van der Waals surface area contributed by atoms with E-state index < -0.39 is 5.60 Å². The van der Waals surface area contributed by atoms with Crippen LogP contribution in [0.3, 0.4) is 0 Å². The molecule has 0 saturated carbocycles. The van der Waals surface area contributed by atoms with Crippen molar-refractivity contribution < 1.29 is 19.1 Å². The van der Waals surface area contributed by atoms with Crippen LogP contribution in [0.2, 0.25) is 0 Å². The lowest BCUT2D eigenvalue weighted by Crippen LogP contribution is -2.50. The molecule has 2 aliphatic rings. The van der Waals surface area contributed by atoms with E-state index in [1.54, 1.807) is 22.1 Å². The maximum absolute atomic E-state index is 13.9. The molecule has 0 aliphatic carbocycles. The summed E-state index contributed by atoms with van der Waals surface area (Å²) in [5.41, 5.74) is 2.30. The molecule has 228 valence electrons. The van der Waals surface area contributed by atoms with Gasteiger partial charge in [0, 0.05) is 50.9 Å². The molecule has 10 heteroatoms. The van der Waals surface area contributed by atoms with Gasteiger partial charge in [0.2, 0.25) is 5.95 Å². The number of hydrogen-bond acceptors (Lipinski definition) is 8. The fourth-order valence-electron chi connectivity index (χ4n) is 5.30. The van der Waals surface area contributed by atoms with Crippen LogP contribution in [-0.2, 0) is 11.2 Å². The SMILES string of the molecule is C[C@@H](Nc1nccc(N(CCCN2CCN(C(=O)OC(C)(C)C)CC2)C(=O)c2ccc3c(c2)OCC3)n1)c1ccccc1. The zero-order valence-electron chi connectivity index (χ0n) is 25.6. The fraction of sp³-hybridized carbons (Fsp3) is 0.455. The zero-order valence-corrected chi connectivity index (χ0v) is 25.6. The van der Waals surface area contributed by atoms with Crippen molar-refractivity contribution in [2.24, 2.45) is 0 Å². The minimum Gasteiger partial charge on any atom is -0.493 e. The van der Waals surface area contributed by atoms with E-state index in [-0.39, 0.29) is 18.0 Å². The van der Waals surface area contributed by atoms with Crippen LogP contribution in [-0.4, -0.2) is 83.2 Å². The molecular weight excluding hydrogens is 544 g/mol. The third-order valence-electron chi connectivity index (χ3n) is 7.63. The molecule has 1 N–H and O–H groups in total. The van der Waals surface area contributed by atoms with Crippen molar-refractivity contribution in [3.63, 3.8) is 0 Å². The Labute approximate surface area is 254 Å². The van der Waals surface area contributed by atoms with E-state index in [0.29, 0.717) is 43.6 Å². The molecule has 0 bridgehead atoms. The largest absolute Gasteiger partial charge is 0.493 e. The normalized spacial score (nSPS) is 15.8. The summed E-state index contributed by atoms with van der Waals surface area (Å²) in [7, 11) is 0. The molecule has 1 aromatic heterocycles. The molecule has 2 amide bonds. The van der Waals surface area contributed by atoms with Crippen molar-refractivity contribution >= 4 is 23.8 Å². The lowest BCUT2D eigenvalue weighted by Gasteiger charge is -2.35. The van der Waals surface area contributed by atoms with Gasteiger partial charge in [0.05, 0.1) is 12.6 Å². The number of nitrogens with one attached hydrogen (secondary N) is 1. The summed E-state index contributed by atoms with van der Waals surface area (Å²) in [4.78, 5) is 41.4. The number of carbonyl (C=O) groups is 2. The number of anilines is 2. The van der Waals surface area contributed by atoms with Crippen molar-refractivity contribution in [2.75, 3.05) is 56.1 Å². The van der Waals surface area contributed by atoms with Crippen LogP contribution in [0.5, 0.6) is 5.75 Å². The zero-order chi connectivity index (χ0) is 30.4. The van der Waals surface area contributed by atoms with Gasteiger partial charge in [0.15, 0.2) is 0 Å². The van der Waals surface area contributed by atoms with E-state index in [9.17, 15) is 9.59 Å². The number of rotatable bonds is 9. The van der Waals surface area contributed by atoms with Crippen molar-refractivity contribution in [2.45, 2.75) is 52.2 Å². The maximum atomic E-state index is 13.9. The Kier molecular flexibility index (Phi) is 9.45. The number of benzene rings is 2. The first kappa shape index (κ1) is 30.3. The minimum atomic E-state index is -0.509. The predicted octanol–water partition coefficient (Wildman–Crippen LogP) is 5.17.